The van der Waals surface area contributed by atoms with Crippen LogP contribution in [0.3, 0.4) is 0 Å². The van der Waals surface area contributed by atoms with E-state index in [-0.39, 0.29) is 35.3 Å². The van der Waals surface area contributed by atoms with E-state index < -0.39 is 0 Å². The average molecular weight is 601 g/mol. The summed E-state index contributed by atoms with van der Waals surface area (Å²) < 4.78 is 18.6. The van der Waals surface area contributed by atoms with Crippen LogP contribution >= 0.6 is 11.8 Å². The van der Waals surface area contributed by atoms with Gasteiger partial charge in [0.1, 0.15) is 29.6 Å². The first-order valence-corrected chi connectivity index (χ1v) is 15.1. The molecule has 0 saturated carbocycles. The van der Waals surface area contributed by atoms with Crippen molar-refractivity contribution < 1.29 is 23.8 Å². The van der Waals surface area contributed by atoms with Gasteiger partial charge in [-0.1, -0.05) is 44.2 Å². The van der Waals surface area contributed by atoms with E-state index in [0.29, 0.717) is 35.3 Å². The zero-order chi connectivity index (χ0) is 30.5. The Morgan fingerprint density at radius 3 is 2.33 bits per heavy atom. The van der Waals surface area contributed by atoms with Gasteiger partial charge in [-0.2, -0.15) is 5.10 Å². The van der Waals surface area contributed by atoms with Crippen molar-refractivity contribution in [3.63, 3.8) is 0 Å². The largest absolute Gasteiger partial charge is 0.497 e. The summed E-state index contributed by atoms with van der Waals surface area (Å²) in [7, 11) is 4.86. The fourth-order valence-electron chi connectivity index (χ4n) is 5.04. The second-order valence-electron chi connectivity index (χ2n) is 10.5. The predicted molar refractivity (Wildman–Crippen MR) is 170 cm³/mol. The Labute approximate surface area is 256 Å². The van der Waals surface area contributed by atoms with E-state index in [4.69, 9.17) is 19.3 Å². The Morgan fingerprint density at radius 2 is 1.67 bits per heavy atom. The molecule has 0 aliphatic carbocycles. The lowest BCUT2D eigenvalue weighted by atomic mass is 9.98. The van der Waals surface area contributed by atoms with Gasteiger partial charge in [0, 0.05) is 23.2 Å². The van der Waals surface area contributed by atoms with Crippen molar-refractivity contribution in [3.05, 3.63) is 83.9 Å². The molecule has 224 valence electrons. The van der Waals surface area contributed by atoms with Crippen molar-refractivity contribution in [3.8, 4) is 34.2 Å². The molecule has 1 N–H and O–H groups in total. The Morgan fingerprint density at radius 1 is 0.977 bits per heavy atom. The monoisotopic (exact) mass is 600 g/mol. The van der Waals surface area contributed by atoms with E-state index in [1.165, 1.54) is 11.8 Å². The number of nitrogens with one attached hydrogen (secondary N) is 1. The summed E-state index contributed by atoms with van der Waals surface area (Å²) in [4.78, 5) is 28.7. The topological polar surface area (TPSA) is 94.9 Å². The third-order valence-electron chi connectivity index (χ3n) is 7.18. The van der Waals surface area contributed by atoms with Crippen LogP contribution in [0.25, 0.3) is 16.9 Å². The van der Waals surface area contributed by atoms with Gasteiger partial charge in [0.15, 0.2) is 0 Å². The van der Waals surface area contributed by atoms with Crippen molar-refractivity contribution in [2.24, 2.45) is 5.92 Å². The summed E-state index contributed by atoms with van der Waals surface area (Å²) in [5.41, 5.74) is 3.97. The summed E-state index contributed by atoms with van der Waals surface area (Å²) in [6.45, 7) is 4.43. The van der Waals surface area contributed by atoms with E-state index >= 15 is 0 Å². The van der Waals surface area contributed by atoms with Crippen LogP contribution in [0.5, 0.6) is 17.2 Å². The van der Waals surface area contributed by atoms with Gasteiger partial charge in [-0.15, -0.1) is 11.8 Å². The molecule has 2 heterocycles. The molecule has 5 rings (SSSR count). The molecule has 0 spiro atoms. The van der Waals surface area contributed by atoms with Crippen LogP contribution < -0.4 is 24.4 Å². The first-order valence-electron chi connectivity index (χ1n) is 14.1. The lowest BCUT2D eigenvalue weighted by molar-refractivity contribution is -0.123. The predicted octanol–water partition coefficient (Wildman–Crippen LogP) is 5.51. The minimum atomic E-state index is -0.366. The number of hydrogen-bond acceptors (Lipinski definition) is 7. The van der Waals surface area contributed by atoms with Gasteiger partial charge in [0.25, 0.3) is 0 Å². The van der Waals surface area contributed by atoms with Gasteiger partial charge in [0.05, 0.1) is 43.7 Å². The average Bonchev–Trinajstić information content (AvgIpc) is 3.36. The van der Waals surface area contributed by atoms with Gasteiger partial charge in [-0.05, 0) is 48.4 Å². The van der Waals surface area contributed by atoms with Gasteiger partial charge in [0.2, 0.25) is 11.8 Å². The maximum absolute atomic E-state index is 13.9. The summed E-state index contributed by atoms with van der Waals surface area (Å²) in [6.07, 6.45) is 0. The number of anilines is 1. The third kappa shape index (κ3) is 6.34. The number of rotatable bonds is 10. The number of carbonyl (C=O) groups is 2. The molecule has 3 aromatic carbocycles. The molecule has 0 unspecified atom stereocenters. The normalized spacial score (nSPS) is 14.7. The lowest BCUT2D eigenvalue weighted by Crippen LogP contribution is -2.43. The molecule has 2 amide bonds. The minimum Gasteiger partial charge on any atom is -0.497 e. The van der Waals surface area contributed by atoms with E-state index in [1.807, 2.05) is 86.6 Å². The molecule has 10 heteroatoms. The molecule has 0 fully saturated rings. The van der Waals surface area contributed by atoms with Gasteiger partial charge in [-0.25, -0.2) is 4.68 Å². The second-order valence-corrected chi connectivity index (χ2v) is 11.6. The van der Waals surface area contributed by atoms with Crippen molar-refractivity contribution in [2.45, 2.75) is 19.1 Å². The standard InChI is InChI=1S/C33H36N4O5S/c1-21(2)18-34-28(38)19-36-29(39)20-43-32(26-17-25(41-4)15-16-27(26)42-5)30-31(22-9-7-6-8-10-22)35-37(33(30)36)23-11-13-24(40-3)14-12-23/h6-17,21,32H,18-20H2,1-5H3,(H,34,38)/t32-/m0/s1. The van der Waals surface area contributed by atoms with E-state index in [0.717, 1.165) is 22.4 Å². The number of ether oxygens (including phenoxy) is 3. The number of benzene rings is 3. The van der Waals surface area contributed by atoms with Crippen LogP contribution in [0.2, 0.25) is 0 Å². The zero-order valence-corrected chi connectivity index (χ0v) is 25.8. The molecular formula is C33H36N4O5S. The number of carbonyl (C=O) groups excluding carboxylic acids is 2. The summed E-state index contributed by atoms with van der Waals surface area (Å²) in [5, 5.41) is 7.74. The van der Waals surface area contributed by atoms with Crippen LogP contribution in [-0.2, 0) is 9.59 Å². The number of amides is 2. The number of aromatic nitrogens is 2. The fraction of sp³-hybridized carbons (Fsp3) is 0.303. The molecule has 1 atom stereocenters. The molecule has 43 heavy (non-hydrogen) atoms. The quantitative estimate of drug-likeness (QED) is 0.257. The minimum absolute atomic E-state index is 0.142. The summed E-state index contributed by atoms with van der Waals surface area (Å²) in [6, 6.07) is 23.0. The Bertz CT molecular complexity index is 1590. The van der Waals surface area contributed by atoms with Crippen molar-refractivity contribution >= 4 is 29.4 Å². The van der Waals surface area contributed by atoms with Crippen LogP contribution in [0.4, 0.5) is 5.82 Å². The Hall–Kier alpha value is -4.44. The molecule has 9 nitrogen and oxygen atoms in total. The van der Waals surface area contributed by atoms with Crippen LogP contribution in [0.15, 0.2) is 72.8 Å². The lowest BCUT2D eigenvalue weighted by Gasteiger charge is -2.24. The Kier molecular flexibility index (Phi) is 9.25. The number of methoxy groups -OCH3 is 3. The molecule has 0 bridgehead atoms. The SMILES string of the molecule is COc1ccc(-n2nc(-c3ccccc3)c3c2N(CC(=O)NCC(C)C)C(=O)CS[C@H]3c2cc(OC)ccc2OC)cc1. The Balaban J connectivity index is 1.79. The van der Waals surface area contributed by atoms with Crippen LogP contribution in [-0.4, -0.2) is 61.8 Å². The highest BCUT2D eigenvalue weighted by Gasteiger charge is 2.38. The van der Waals surface area contributed by atoms with Gasteiger partial charge >= 0.3 is 0 Å². The molecule has 4 aromatic rings. The van der Waals surface area contributed by atoms with E-state index in [2.05, 4.69) is 5.32 Å². The van der Waals surface area contributed by atoms with E-state index in [9.17, 15) is 9.59 Å². The third-order valence-corrected chi connectivity index (χ3v) is 8.42. The zero-order valence-electron chi connectivity index (χ0n) is 25.0. The highest BCUT2D eigenvalue weighted by Crippen LogP contribution is 2.51. The van der Waals surface area contributed by atoms with Crippen molar-refractivity contribution in [1.29, 1.82) is 0 Å². The molecule has 1 aliphatic rings. The fourth-order valence-corrected chi connectivity index (χ4v) is 6.25. The van der Waals surface area contributed by atoms with Crippen molar-refractivity contribution in [2.75, 3.05) is 45.1 Å². The maximum atomic E-state index is 13.9. The second kappa shape index (κ2) is 13.2. The number of thioether (sulfide) groups is 1. The maximum Gasteiger partial charge on any atom is 0.240 e. The summed E-state index contributed by atoms with van der Waals surface area (Å²) >= 11 is 1.48. The van der Waals surface area contributed by atoms with E-state index in [1.54, 1.807) is 30.9 Å². The molecular weight excluding hydrogens is 564 g/mol. The van der Waals surface area contributed by atoms with Crippen LogP contribution in [0, 0.1) is 5.92 Å². The summed E-state index contributed by atoms with van der Waals surface area (Å²) in [5.74, 6) is 2.55. The highest BCUT2D eigenvalue weighted by molar-refractivity contribution is 8.00. The van der Waals surface area contributed by atoms with Crippen LogP contribution in [0.1, 0.15) is 30.2 Å². The first kappa shape index (κ1) is 30.0. The smallest absolute Gasteiger partial charge is 0.240 e. The van der Waals surface area contributed by atoms with Crippen molar-refractivity contribution in [1.82, 2.24) is 15.1 Å². The highest BCUT2D eigenvalue weighted by atomic mass is 32.2. The number of nitrogens with zero attached hydrogens (tertiary/aromatic N) is 3. The number of fused-ring (bicyclic) bond motifs is 1. The van der Waals surface area contributed by atoms with Gasteiger partial charge in [-0.3, -0.25) is 14.5 Å². The molecule has 0 radical (unpaired) electrons. The molecule has 1 aliphatic heterocycles. The molecule has 0 saturated heterocycles. The van der Waals surface area contributed by atoms with Gasteiger partial charge < -0.3 is 19.5 Å². The number of hydrogen-bond donors (Lipinski definition) is 1. The first-order chi connectivity index (χ1) is 20.8. The molecule has 1 aromatic heterocycles.